The van der Waals surface area contributed by atoms with Crippen molar-refractivity contribution in [3.05, 3.63) is 71.8 Å². The molecular weight excluding hydrogens is 506 g/mol. The molecule has 9 heteroatoms. The van der Waals surface area contributed by atoms with E-state index in [0.717, 1.165) is 11.1 Å². The number of rotatable bonds is 13. The van der Waals surface area contributed by atoms with Crippen LogP contribution in [-0.2, 0) is 32.1 Å². The van der Waals surface area contributed by atoms with Gasteiger partial charge in [-0.25, -0.2) is 0 Å². The van der Waals surface area contributed by atoms with Gasteiger partial charge < -0.3 is 30.9 Å². The second kappa shape index (κ2) is 14.9. The minimum absolute atomic E-state index is 0.0322. The normalized spacial score (nSPS) is 18.7. The van der Waals surface area contributed by atoms with Gasteiger partial charge in [-0.3, -0.25) is 14.4 Å². The van der Waals surface area contributed by atoms with Crippen molar-refractivity contribution in [2.24, 2.45) is 5.41 Å². The summed E-state index contributed by atoms with van der Waals surface area (Å²) in [5, 5.41) is 12.1. The molecule has 2 aromatic carbocycles. The number of carbonyl (C=O) groups excluding carboxylic acids is 3. The van der Waals surface area contributed by atoms with Crippen molar-refractivity contribution in [3.63, 3.8) is 0 Å². The lowest BCUT2D eigenvalue weighted by molar-refractivity contribution is -0.144. The van der Waals surface area contributed by atoms with Gasteiger partial charge in [0.15, 0.2) is 0 Å². The van der Waals surface area contributed by atoms with E-state index in [4.69, 9.17) is 4.74 Å². The fourth-order valence-electron chi connectivity index (χ4n) is 4.97. The predicted octanol–water partition coefficient (Wildman–Crippen LogP) is 1.87. The lowest BCUT2D eigenvalue weighted by atomic mass is 9.85. The SMILES string of the molecule is CNCC(=O)NC(C(=O)N1CC(NC)CC1C(=O)NC(COCc1ccccc1)Cc1ccccc1)C(C)(C)C. The minimum Gasteiger partial charge on any atom is -0.375 e. The number of nitrogens with one attached hydrogen (secondary N) is 4. The molecule has 1 aliphatic rings. The molecule has 1 heterocycles. The molecule has 0 bridgehead atoms. The minimum atomic E-state index is -0.770. The number of benzene rings is 2. The number of hydrogen-bond acceptors (Lipinski definition) is 6. The Balaban J connectivity index is 1.76. The third kappa shape index (κ3) is 9.15. The Bertz CT molecular complexity index is 1090. The summed E-state index contributed by atoms with van der Waals surface area (Å²) in [6, 6.07) is 18.1. The summed E-state index contributed by atoms with van der Waals surface area (Å²) >= 11 is 0. The van der Waals surface area contributed by atoms with E-state index < -0.39 is 17.5 Å². The van der Waals surface area contributed by atoms with E-state index in [2.05, 4.69) is 21.3 Å². The molecule has 2 aromatic rings. The maximum absolute atomic E-state index is 13.9. The molecule has 9 nitrogen and oxygen atoms in total. The number of carbonyl (C=O) groups is 3. The molecule has 4 N–H and O–H groups in total. The van der Waals surface area contributed by atoms with Crippen LogP contribution in [0.1, 0.15) is 38.3 Å². The summed E-state index contributed by atoms with van der Waals surface area (Å²) < 4.78 is 6.02. The molecule has 4 unspecified atom stereocenters. The molecule has 0 spiro atoms. The van der Waals surface area contributed by atoms with Crippen LogP contribution in [0.5, 0.6) is 0 Å². The number of nitrogens with zero attached hydrogens (tertiary/aromatic N) is 1. The Morgan fingerprint density at radius 2 is 1.57 bits per heavy atom. The van der Waals surface area contributed by atoms with Crippen LogP contribution in [0.15, 0.2) is 60.7 Å². The number of amides is 3. The maximum Gasteiger partial charge on any atom is 0.246 e. The monoisotopic (exact) mass is 551 g/mol. The van der Waals surface area contributed by atoms with E-state index in [1.54, 1.807) is 11.9 Å². The van der Waals surface area contributed by atoms with E-state index in [9.17, 15) is 14.4 Å². The molecule has 0 radical (unpaired) electrons. The zero-order valence-electron chi connectivity index (χ0n) is 24.4. The Hall–Kier alpha value is -3.27. The van der Waals surface area contributed by atoms with Crippen LogP contribution >= 0.6 is 0 Å². The number of ether oxygens (including phenoxy) is 1. The summed E-state index contributed by atoms with van der Waals surface area (Å²) in [5.74, 6) is -0.737. The largest absolute Gasteiger partial charge is 0.375 e. The van der Waals surface area contributed by atoms with Crippen LogP contribution in [0, 0.1) is 5.41 Å². The summed E-state index contributed by atoms with van der Waals surface area (Å²) in [6.45, 7) is 7.00. The summed E-state index contributed by atoms with van der Waals surface area (Å²) in [5.41, 5.74) is 1.61. The van der Waals surface area contributed by atoms with Crippen LogP contribution < -0.4 is 21.3 Å². The molecule has 1 aliphatic heterocycles. The average molecular weight is 552 g/mol. The van der Waals surface area contributed by atoms with Gasteiger partial charge in [0.05, 0.1) is 25.8 Å². The first-order valence-electron chi connectivity index (χ1n) is 14.0. The average Bonchev–Trinajstić information content (AvgIpc) is 3.37. The molecule has 0 aromatic heterocycles. The van der Waals surface area contributed by atoms with Crippen molar-refractivity contribution in [2.45, 2.75) is 64.4 Å². The summed E-state index contributed by atoms with van der Waals surface area (Å²) in [7, 11) is 3.51. The van der Waals surface area contributed by atoms with Crippen LogP contribution in [-0.4, -0.2) is 80.6 Å². The fourth-order valence-corrected chi connectivity index (χ4v) is 4.97. The van der Waals surface area contributed by atoms with E-state index >= 15 is 0 Å². The molecule has 40 heavy (non-hydrogen) atoms. The number of likely N-dealkylation sites (tertiary alicyclic amines) is 1. The van der Waals surface area contributed by atoms with Gasteiger partial charge in [-0.2, -0.15) is 0 Å². The van der Waals surface area contributed by atoms with E-state index in [1.165, 1.54) is 0 Å². The Morgan fingerprint density at radius 1 is 0.950 bits per heavy atom. The highest BCUT2D eigenvalue weighted by Crippen LogP contribution is 2.26. The van der Waals surface area contributed by atoms with Crippen LogP contribution in [0.2, 0.25) is 0 Å². The van der Waals surface area contributed by atoms with Crippen LogP contribution in [0.3, 0.4) is 0 Å². The number of hydrogen-bond donors (Lipinski definition) is 4. The Morgan fingerprint density at radius 3 is 2.15 bits per heavy atom. The summed E-state index contributed by atoms with van der Waals surface area (Å²) in [6.07, 6.45) is 1.08. The molecule has 1 saturated heterocycles. The predicted molar refractivity (Wildman–Crippen MR) is 156 cm³/mol. The third-order valence-corrected chi connectivity index (χ3v) is 7.15. The Kier molecular flexibility index (Phi) is 11.7. The standard InChI is InChI=1S/C31H45N5O4/c1-31(2,3)28(35-27(37)18-32-4)30(39)36-19-24(33-5)17-26(36)29(38)34-25(16-22-12-8-6-9-13-22)21-40-20-23-14-10-7-11-15-23/h6-15,24-26,28,32-33H,16-21H2,1-5H3,(H,34,38)(H,35,37). The van der Waals surface area contributed by atoms with Crippen LogP contribution in [0.25, 0.3) is 0 Å². The van der Waals surface area contributed by atoms with Crippen molar-refractivity contribution in [2.75, 3.05) is 33.8 Å². The van der Waals surface area contributed by atoms with Gasteiger partial charge in [-0.15, -0.1) is 0 Å². The van der Waals surface area contributed by atoms with E-state index in [0.29, 0.717) is 32.6 Å². The first-order valence-corrected chi connectivity index (χ1v) is 14.0. The van der Waals surface area contributed by atoms with Gasteiger partial charge in [-0.05, 0) is 43.5 Å². The summed E-state index contributed by atoms with van der Waals surface area (Å²) in [4.78, 5) is 41.7. The fraction of sp³-hybridized carbons (Fsp3) is 0.516. The Labute approximate surface area is 238 Å². The van der Waals surface area contributed by atoms with Crippen molar-refractivity contribution < 1.29 is 19.1 Å². The molecule has 0 saturated carbocycles. The molecule has 1 fully saturated rings. The van der Waals surface area contributed by atoms with Crippen molar-refractivity contribution in [1.29, 1.82) is 0 Å². The van der Waals surface area contributed by atoms with Gasteiger partial charge in [0, 0.05) is 12.6 Å². The zero-order chi connectivity index (χ0) is 29.1. The smallest absolute Gasteiger partial charge is 0.246 e. The van der Waals surface area contributed by atoms with Crippen molar-refractivity contribution >= 4 is 17.7 Å². The molecular formula is C31H45N5O4. The molecule has 4 atom stereocenters. The van der Waals surface area contributed by atoms with E-state index in [1.807, 2.05) is 88.5 Å². The number of likely N-dealkylation sites (N-methyl/N-ethyl adjacent to an activating group) is 2. The van der Waals surface area contributed by atoms with Gasteiger partial charge in [-0.1, -0.05) is 81.4 Å². The van der Waals surface area contributed by atoms with E-state index in [-0.39, 0.29) is 36.3 Å². The van der Waals surface area contributed by atoms with Gasteiger partial charge in [0.25, 0.3) is 0 Å². The highest BCUT2D eigenvalue weighted by atomic mass is 16.5. The van der Waals surface area contributed by atoms with Crippen molar-refractivity contribution in [3.8, 4) is 0 Å². The molecule has 0 aliphatic carbocycles. The topological polar surface area (TPSA) is 112 Å². The quantitative estimate of drug-likeness (QED) is 0.303. The lowest BCUT2D eigenvalue weighted by Gasteiger charge is -2.35. The molecule has 218 valence electrons. The van der Waals surface area contributed by atoms with Gasteiger partial charge in [0.2, 0.25) is 17.7 Å². The highest BCUT2D eigenvalue weighted by Gasteiger charge is 2.44. The second-order valence-electron chi connectivity index (χ2n) is 11.5. The first kappa shape index (κ1) is 31.3. The van der Waals surface area contributed by atoms with Crippen molar-refractivity contribution in [1.82, 2.24) is 26.2 Å². The third-order valence-electron chi connectivity index (χ3n) is 7.15. The molecule has 3 rings (SSSR count). The first-order chi connectivity index (χ1) is 19.1. The maximum atomic E-state index is 13.9. The van der Waals surface area contributed by atoms with Gasteiger partial charge >= 0.3 is 0 Å². The van der Waals surface area contributed by atoms with Crippen LogP contribution in [0.4, 0.5) is 0 Å². The van der Waals surface area contributed by atoms with Gasteiger partial charge in [0.1, 0.15) is 12.1 Å². The molecule has 3 amide bonds. The zero-order valence-corrected chi connectivity index (χ0v) is 24.4. The lowest BCUT2D eigenvalue weighted by Crippen LogP contribution is -2.59. The second-order valence-corrected chi connectivity index (χ2v) is 11.5. The highest BCUT2D eigenvalue weighted by molar-refractivity contribution is 5.93.